The van der Waals surface area contributed by atoms with Crippen LogP contribution in [0.1, 0.15) is 24.8 Å². The van der Waals surface area contributed by atoms with Crippen molar-refractivity contribution in [1.82, 2.24) is 0 Å². The number of aliphatic hydroxyl groups is 1. The standard InChI is InChI=1S/C14H17NO3/c16-9-14(5-6-14)13(17)15-11-3-4-12-10(8-11)2-1-7-18-12/h3-4,8,16H,1-2,5-7,9H2,(H,15,17). The number of benzene rings is 1. The number of ether oxygens (including phenoxy) is 1. The molecule has 2 N–H and O–H groups in total. The number of carbonyl (C=O) groups is 1. The van der Waals surface area contributed by atoms with Gasteiger partial charge in [-0.2, -0.15) is 0 Å². The molecule has 0 bridgehead atoms. The highest BCUT2D eigenvalue weighted by atomic mass is 16.5. The normalized spacial score (nSPS) is 19.6. The highest BCUT2D eigenvalue weighted by molar-refractivity contribution is 5.97. The lowest BCUT2D eigenvalue weighted by atomic mass is 10.0. The molecule has 0 unspecified atom stereocenters. The molecule has 4 nitrogen and oxygen atoms in total. The van der Waals surface area contributed by atoms with Crippen LogP contribution in [0.4, 0.5) is 5.69 Å². The fourth-order valence-corrected chi connectivity index (χ4v) is 2.31. The molecule has 1 amide bonds. The van der Waals surface area contributed by atoms with E-state index in [1.165, 1.54) is 0 Å². The molecule has 18 heavy (non-hydrogen) atoms. The number of nitrogens with one attached hydrogen (secondary N) is 1. The minimum atomic E-state index is -0.521. The number of hydrogen-bond acceptors (Lipinski definition) is 3. The quantitative estimate of drug-likeness (QED) is 0.855. The molecular weight excluding hydrogens is 230 g/mol. The first-order valence-corrected chi connectivity index (χ1v) is 6.42. The van der Waals surface area contributed by atoms with Crippen molar-refractivity contribution in [1.29, 1.82) is 0 Å². The second kappa shape index (κ2) is 4.28. The molecule has 1 fully saturated rings. The maximum absolute atomic E-state index is 12.0. The smallest absolute Gasteiger partial charge is 0.232 e. The Bertz CT molecular complexity index is 480. The van der Waals surface area contributed by atoms with Gasteiger partial charge < -0.3 is 15.2 Å². The van der Waals surface area contributed by atoms with Crippen LogP contribution in [-0.4, -0.2) is 24.2 Å². The van der Waals surface area contributed by atoms with Crippen LogP contribution in [0.2, 0.25) is 0 Å². The van der Waals surface area contributed by atoms with Crippen LogP contribution >= 0.6 is 0 Å². The van der Waals surface area contributed by atoms with Crippen LogP contribution in [0.25, 0.3) is 0 Å². The van der Waals surface area contributed by atoms with Gasteiger partial charge in [0.25, 0.3) is 0 Å². The molecule has 1 aromatic carbocycles. The van der Waals surface area contributed by atoms with Crippen LogP contribution in [0.3, 0.4) is 0 Å². The number of aryl methyl sites for hydroxylation is 1. The number of anilines is 1. The minimum Gasteiger partial charge on any atom is -0.493 e. The summed E-state index contributed by atoms with van der Waals surface area (Å²) in [6.45, 7) is 0.708. The fourth-order valence-electron chi connectivity index (χ4n) is 2.31. The van der Waals surface area contributed by atoms with Crippen molar-refractivity contribution < 1.29 is 14.6 Å². The summed E-state index contributed by atoms with van der Waals surface area (Å²) in [5, 5.41) is 12.1. The van der Waals surface area contributed by atoms with E-state index in [-0.39, 0.29) is 12.5 Å². The van der Waals surface area contributed by atoms with E-state index in [9.17, 15) is 9.90 Å². The van der Waals surface area contributed by atoms with Gasteiger partial charge in [0, 0.05) is 5.69 Å². The molecule has 1 aromatic rings. The van der Waals surface area contributed by atoms with Gasteiger partial charge in [-0.05, 0) is 49.4 Å². The number of rotatable bonds is 3. The first kappa shape index (κ1) is 11.5. The number of amides is 1. The molecule has 0 aromatic heterocycles. The molecule has 1 aliphatic carbocycles. The van der Waals surface area contributed by atoms with E-state index >= 15 is 0 Å². The zero-order valence-corrected chi connectivity index (χ0v) is 10.2. The van der Waals surface area contributed by atoms with E-state index in [0.29, 0.717) is 0 Å². The highest BCUT2D eigenvalue weighted by Gasteiger charge is 2.49. The van der Waals surface area contributed by atoms with E-state index in [1.54, 1.807) is 0 Å². The summed E-state index contributed by atoms with van der Waals surface area (Å²) in [5.41, 5.74) is 1.42. The van der Waals surface area contributed by atoms with Crippen molar-refractivity contribution in [3.63, 3.8) is 0 Å². The summed E-state index contributed by atoms with van der Waals surface area (Å²) in [6.07, 6.45) is 3.57. The molecule has 2 aliphatic rings. The predicted molar refractivity (Wildman–Crippen MR) is 67.6 cm³/mol. The van der Waals surface area contributed by atoms with Gasteiger partial charge in [-0.1, -0.05) is 0 Å². The summed E-state index contributed by atoms with van der Waals surface area (Å²) in [6, 6.07) is 5.73. The Kier molecular flexibility index (Phi) is 2.74. The Morgan fingerprint density at radius 1 is 1.44 bits per heavy atom. The van der Waals surface area contributed by atoms with Crippen molar-refractivity contribution in [2.45, 2.75) is 25.7 Å². The van der Waals surface area contributed by atoms with Crippen molar-refractivity contribution in [3.05, 3.63) is 23.8 Å². The zero-order valence-electron chi connectivity index (χ0n) is 10.2. The van der Waals surface area contributed by atoms with Crippen molar-refractivity contribution in [3.8, 4) is 5.75 Å². The maximum atomic E-state index is 12.0. The Morgan fingerprint density at radius 3 is 3.00 bits per heavy atom. The summed E-state index contributed by atoms with van der Waals surface area (Å²) >= 11 is 0. The van der Waals surface area contributed by atoms with Gasteiger partial charge >= 0.3 is 0 Å². The molecule has 1 saturated carbocycles. The summed E-state index contributed by atoms with van der Waals surface area (Å²) < 4.78 is 5.53. The highest BCUT2D eigenvalue weighted by Crippen LogP contribution is 2.46. The molecule has 0 saturated heterocycles. The van der Waals surface area contributed by atoms with Crippen LogP contribution in [-0.2, 0) is 11.2 Å². The van der Waals surface area contributed by atoms with Gasteiger partial charge in [-0.25, -0.2) is 0 Å². The first-order chi connectivity index (χ1) is 8.73. The Morgan fingerprint density at radius 2 is 2.28 bits per heavy atom. The maximum Gasteiger partial charge on any atom is 0.232 e. The Labute approximate surface area is 106 Å². The third-order valence-electron chi connectivity index (χ3n) is 3.80. The first-order valence-electron chi connectivity index (χ1n) is 6.42. The van der Waals surface area contributed by atoms with E-state index < -0.39 is 5.41 Å². The van der Waals surface area contributed by atoms with E-state index in [4.69, 9.17) is 4.74 Å². The fraction of sp³-hybridized carbons (Fsp3) is 0.500. The zero-order chi connectivity index (χ0) is 12.6. The average Bonchev–Trinajstić information content (AvgIpc) is 3.19. The summed E-state index contributed by atoms with van der Waals surface area (Å²) in [4.78, 5) is 12.0. The lowest BCUT2D eigenvalue weighted by Crippen LogP contribution is -2.27. The predicted octanol–water partition coefficient (Wildman–Crippen LogP) is 1.72. The minimum absolute atomic E-state index is 0.0626. The van der Waals surface area contributed by atoms with Gasteiger partial charge in [0.1, 0.15) is 5.75 Å². The molecule has 0 radical (unpaired) electrons. The number of hydrogen-bond donors (Lipinski definition) is 2. The monoisotopic (exact) mass is 247 g/mol. The topological polar surface area (TPSA) is 58.6 Å². The summed E-state index contributed by atoms with van der Waals surface area (Å²) in [5.74, 6) is 0.851. The second-order valence-electron chi connectivity index (χ2n) is 5.17. The largest absolute Gasteiger partial charge is 0.493 e. The molecule has 96 valence electrons. The lowest BCUT2D eigenvalue weighted by Gasteiger charge is -2.19. The average molecular weight is 247 g/mol. The van der Waals surface area contributed by atoms with Crippen LogP contribution in [0.15, 0.2) is 18.2 Å². The molecule has 4 heteroatoms. The van der Waals surface area contributed by atoms with Crippen molar-refractivity contribution in [2.24, 2.45) is 5.41 Å². The Balaban J connectivity index is 1.75. The van der Waals surface area contributed by atoms with Gasteiger partial charge in [-0.15, -0.1) is 0 Å². The molecule has 3 rings (SSSR count). The van der Waals surface area contributed by atoms with Gasteiger partial charge in [0.15, 0.2) is 0 Å². The summed E-state index contributed by atoms with van der Waals surface area (Å²) in [7, 11) is 0. The molecule has 1 aliphatic heterocycles. The molecule has 0 spiro atoms. The second-order valence-corrected chi connectivity index (χ2v) is 5.17. The molecule has 1 heterocycles. The third kappa shape index (κ3) is 1.97. The van der Waals surface area contributed by atoms with Crippen LogP contribution < -0.4 is 10.1 Å². The van der Waals surface area contributed by atoms with Gasteiger partial charge in [0.05, 0.1) is 18.6 Å². The van der Waals surface area contributed by atoms with Gasteiger partial charge in [0.2, 0.25) is 5.91 Å². The van der Waals surface area contributed by atoms with E-state index in [0.717, 1.165) is 49.3 Å². The Hall–Kier alpha value is -1.55. The van der Waals surface area contributed by atoms with E-state index in [1.807, 2.05) is 18.2 Å². The van der Waals surface area contributed by atoms with Gasteiger partial charge in [-0.3, -0.25) is 4.79 Å². The SMILES string of the molecule is O=C(Nc1ccc2c(c1)CCCO2)C1(CO)CC1. The van der Waals surface area contributed by atoms with Crippen molar-refractivity contribution in [2.75, 3.05) is 18.5 Å². The number of carbonyl (C=O) groups excluding carboxylic acids is 1. The molecule has 0 atom stereocenters. The van der Waals surface area contributed by atoms with Crippen molar-refractivity contribution >= 4 is 11.6 Å². The molecular formula is C14H17NO3. The third-order valence-corrected chi connectivity index (χ3v) is 3.80. The lowest BCUT2D eigenvalue weighted by molar-refractivity contribution is -0.122. The van der Waals surface area contributed by atoms with Crippen LogP contribution in [0.5, 0.6) is 5.75 Å². The van der Waals surface area contributed by atoms with Crippen LogP contribution in [0, 0.1) is 5.41 Å². The number of fused-ring (bicyclic) bond motifs is 1. The number of aliphatic hydroxyl groups excluding tert-OH is 1. The van der Waals surface area contributed by atoms with E-state index in [2.05, 4.69) is 5.32 Å².